The van der Waals surface area contributed by atoms with E-state index in [4.69, 9.17) is 0 Å². The molecule has 0 aromatic heterocycles. The van der Waals surface area contributed by atoms with Crippen molar-refractivity contribution >= 4 is 5.91 Å². The van der Waals surface area contributed by atoms with E-state index in [1.54, 1.807) is 4.90 Å². The summed E-state index contributed by atoms with van der Waals surface area (Å²) in [5.74, 6) is 0.0440. The van der Waals surface area contributed by atoms with Gasteiger partial charge in [-0.15, -0.1) is 0 Å². The minimum absolute atomic E-state index is 0.0440. The second-order valence-corrected chi connectivity index (χ2v) is 1.49. The van der Waals surface area contributed by atoms with Crippen LogP contribution in [0.5, 0.6) is 0 Å². The Morgan fingerprint density at radius 3 is 2.38 bits per heavy atom. The first-order valence-electron chi connectivity index (χ1n) is 2.62. The van der Waals surface area contributed by atoms with Crippen LogP contribution < -0.4 is 0 Å². The van der Waals surface area contributed by atoms with E-state index in [2.05, 4.69) is 6.58 Å². The van der Waals surface area contributed by atoms with Crippen LogP contribution in [0.25, 0.3) is 0 Å². The van der Waals surface area contributed by atoms with E-state index in [0.717, 1.165) is 0 Å². The highest BCUT2D eigenvalue weighted by atomic mass is 16.2. The first-order chi connectivity index (χ1) is 3.72. The molecule has 0 heterocycles. The molecule has 1 amide bonds. The average molecular weight is 113 g/mol. The summed E-state index contributed by atoms with van der Waals surface area (Å²) >= 11 is 0. The molecule has 0 unspecified atom stereocenters. The summed E-state index contributed by atoms with van der Waals surface area (Å²) in [5.41, 5.74) is 0. The molecule has 0 aliphatic rings. The third-order valence-corrected chi connectivity index (χ3v) is 0.966. The van der Waals surface area contributed by atoms with Gasteiger partial charge in [-0.25, -0.2) is 0 Å². The summed E-state index contributed by atoms with van der Waals surface area (Å²) in [5, 5.41) is 0. The molecule has 0 radical (unpaired) electrons. The second-order valence-electron chi connectivity index (χ2n) is 1.49. The molecule has 0 fully saturated rings. The van der Waals surface area contributed by atoms with E-state index < -0.39 is 0 Å². The Bertz CT molecular complexity index is 98.7. The Morgan fingerprint density at radius 2 is 2.38 bits per heavy atom. The SMILES string of the molecule is C=CN(CC)C(C)=O. The lowest BCUT2D eigenvalue weighted by molar-refractivity contribution is -0.126. The second kappa shape index (κ2) is 3.24. The van der Waals surface area contributed by atoms with Crippen LogP contribution in [0.15, 0.2) is 12.8 Å². The predicted octanol–water partition coefficient (Wildman–Crippen LogP) is 0.998. The van der Waals surface area contributed by atoms with Crippen LogP contribution >= 0.6 is 0 Å². The van der Waals surface area contributed by atoms with Gasteiger partial charge in [-0.3, -0.25) is 4.79 Å². The molecular formula is C6H11NO. The van der Waals surface area contributed by atoms with Gasteiger partial charge in [0, 0.05) is 13.5 Å². The van der Waals surface area contributed by atoms with Crippen LogP contribution in [0.4, 0.5) is 0 Å². The first kappa shape index (κ1) is 7.21. The summed E-state index contributed by atoms with van der Waals surface area (Å²) in [7, 11) is 0. The molecule has 0 rings (SSSR count). The molecule has 8 heavy (non-hydrogen) atoms. The Kier molecular flexibility index (Phi) is 2.92. The molecule has 46 valence electrons. The van der Waals surface area contributed by atoms with Crippen molar-refractivity contribution in [1.29, 1.82) is 0 Å². The number of carbonyl (C=O) groups excluding carboxylic acids is 1. The molecular weight excluding hydrogens is 102 g/mol. The lowest BCUT2D eigenvalue weighted by Crippen LogP contribution is -2.21. The van der Waals surface area contributed by atoms with E-state index in [0.29, 0.717) is 6.54 Å². The molecule has 0 N–H and O–H groups in total. The average Bonchev–Trinajstić information content (AvgIpc) is 1.69. The fourth-order valence-electron chi connectivity index (χ4n) is 0.480. The Hall–Kier alpha value is -0.790. The zero-order chi connectivity index (χ0) is 6.57. The quantitative estimate of drug-likeness (QED) is 0.523. The van der Waals surface area contributed by atoms with E-state index in [-0.39, 0.29) is 5.91 Å². The highest BCUT2D eigenvalue weighted by molar-refractivity contribution is 5.74. The number of rotatable bonds is 2. The van der Waals surface area contributed by atoms with Crippen molar-refractivity contribution in [3.8, 4) is 0 Å². The van der Waals surface area contributed by atoms with E-state index in [9.17, 15) is 4.79 Å². The van der Waals surface area contributed by atoms with Gasteiger partial charge in [-0.05, 0) is 13.1 Å². The molecule has 2 nitrogen and oxygen atoms in total. The molecule has 0 bridgehead atoms. The van der Waals surface area contributed by atoms with Crippen LogP contribution in [0.3, 0.4) is 0 Å². The van der Waals surface area contributed by atoms with Crippen LogP contribution in [0.1, 0.15) is 13.8 Å². The Labute approximate surface area is 49.8 Å². The molecule has 0 aliphatic carbocycles. The number of amides is 1. The van der Waals surface area contributed by atoms with Gasteiger partial charge in [0.15, 0.2) is 0 Å². The van der Waals surface area contributed by atoms with Crippen LogP contribution in [-0.4, -0.2) is 17.4 Å². The summed E-state index contributed by atoms with van der Waals surface area (Å²) in [6, 6.07) is 0. The minimum atomic E-state index is 0.0440. The van der Waals surface area contributed by atoms with Crippen molar-refractivity contribution in [2.45, 2.75) is 13.8 Å². The van der Waals surface area contributed by atoms with E-state index >= 15 is 0 Å². The largest absolute Gasteiger partial charge is 0.320 e. The van der Waals surface area contributed by atoms with E-state index in [1.807, 2.05) is 6.92 Å². The molecule has 0 saturated carbocycles. The molecule has 2 heteroatoms. The lowest BCUT2D eigenvalue weighted by Gasteiger charge is -2.10. The standard InChI is InChI=1S/C6H11NO/c1-4-7(5-2)6(3)8/h4H,1,5H2,2-3H3. The highest BCUT2D eigenvalue weighted by Crippen LogP contribution is 1.85. The fourth-order valence-corrected chi connectivity index (χ4v) is 0.480. The third-order valence-electron chi connectivity index (χ3n) is 0.966. The zero-order valence-electron chi connectivity index (χ0n) is 5.35. The van der Waals surface area contributed by atoms with Crippen molar-refractivity contribution in [3.05, 3.63) is 12.8 Å². The summed E-state index contributed by atoms with van der Waals surface area (Å²) in [4.78, 5) is 12.0. The monoisotopic (exact) mass is 113 g/mol. The summed E-state index contributed by atoms with van der Waals surface area (Å²) < 4.78 is 0. The molecule has 0 aliphatic heterocycles. The smallest absolute Gasteiger partial charge is 0.223 e. The zero-order valence-corrected chi connectivity index (χ0v) is 5.35. The van der Waals surface area contributed by atoms with Gasteiger partial charge in [0.25, 0.3) is 0 Å². The van der Waals surface area contributed by atoms with Crippen molar-refractivity contribution in [3.63, 3.8) is 0 Å². The van der Waals surface area contributed by atoms with Crippen LogP contribution in [0, 0.1) is 0 Å². The Morgan fingerprint density at radius 1 is 1.88 bits per heavy atom. The van der Waals surface area contributed by atoms with Gasteiger partial charge in [0.2, 0.25) is 5.91 Å². The van der Waals surface area contributed by atoms with Gasteiger partial charge in [0.05, 0.1) is 0 Å². The molecule has 0 aromatic carbocycles. The number of hydrogen-bond acceptors (Lipinski definition) is 1. The maximum Gasteiger partial charge on any atom is 0.223 e. The van der Waals surface area contributed by atoms with Gasteiger partial charge in [-0.2, -0.15) is 0 Å². The molecule has 0 aromatic rings. The lowest BCUT2D eigenvalue weighted by atomic mass is 10.5. The molecule has 0 saturated heterocycles. The predicted molar refractivity (Wildman–Crippen MR) is 33.3 cm³/mol. The van der Waals surface area contributed by atoms with Gasteiger partial charge in [0.1, 0.15) is 0 Å². The van der Waals surface area contributed by atoms with Gasteiger partial charge >= 0.3 is 0 Å². The van der Waals surface area contributed by atoms with Gasteiger partial charge in [-0.1, -0.05) is 6.58 Å². The maximum atomic E-state index is 10.5. The number of carbonyl (C=O) groups is 1. The number of hydrogen-bond donors (Lipinski definition) is 0. The topological polar surface area (TPSA) is 20.3 Å². The van der Waals surface area contributed by atoms with Gasteiger partial charge < -0.3 is 4.90 Å². The van der Waals surface area contributed by atoms with Crippen LogP contribution in [0.2, 0.25) is 0 Å². The maximum absolute atomic E-state index is 10.5. The van der Waals surface area contributed by atoms with Crippen molar-refractivity contribution in [2.24, 2.45) is 0 Å². The number of nitrogens with zero attached hydrogens (tertiary/aromatic N) is 1. The first-order valence-corrected chi connectivity index (χ1v) is 2.62. The molecule has 0 atom stereocenters. The fraction of sp³-hybridized carbons (Fsp3) is 0.500. The molecule has 0 spiro atoms. The Balaban J connectivity index is 3.69. The normalized spacial score (nSPS) is 8.25. The van der Waals surface area contributed by atoms with Crippen molar-refractivity contribution in [2.75, 3.05) is 6.54 Å². The van der Waals surface area contributed by atoms with E-state index in [1.165, 1.54) is 13.1 Å². The highest BCUT2D eigenvalue weighted by Gasteiger charge is 1.96. The van der Waals surface area contributed by atoms with Crippen molar-refractivity contribution in [1.82, 2.24) is 4.90 Å². The summed E-state index contributed by atoms with van der Waals surface area (Å²) in [6.45, 7) is 7.59. The van der Waals surface area contributed by atoms with Crippen LogP contribution in [-0.2, 0) is 4.79 Å². The van der Waals surface area contributed by atoms with Crippen molar-refractivity contribution < 1.29 is 4.79 Å². The minimum Gasteiger partial charge on any atom is -0.320 e. The summed E-state index contributed by atoms with van der Waals surface area (Å²) in [6.07, 6.45) is 1.53. The third kappa shape index (κ3) is 1.78.